The number of unbranched alkanes of at least 4 members (excludes halogenated alkanes) is 1. The zero-order chi connectivity index (χ0) is 32.3. The average molecular weight is 613 g/mol. The molecule has 1 aromatic heterocycles. The second kappa shape index (κ2) is 27.2. The van der Waals surface area contributed by atoms with Crippen LogP contribution in [0.15, 0.2) is 83.6 Å². The first-order valence-electron chi connectivity index (χ1n) is 15.5. The van der Waals surface area contributed by atoms with Gasteiger partial charge in [-0.1, -0.05) is 133 Å². The van der Waals surface area contributed by atoms with Gasteiger partial charge in [-0.2, -0.15) is 0 Å². The third-order valence-electron chi connectivity index (χ3n) is 6.14. The fourth-order valence-electron chi connectivity index (χ4n) is 3.89. The van der Waals surface area contributed by atoms with Crippen LogP contribution in [0.4, 0.5) is 5.13 Å². The standard InChI is InChI=1S/C33H45ClN2OS.2C2H6/c1-8-13-17-28(11-4)31(37)24-26(7)19-20-27(10-3)23-25(6)16-14-18-29(12-5)35-33-36-30(15-9-2)32(38-33)21-22-34;2*1-2/h9-10,12,15-16,18-22,28H,5,7-8,11,13-14,17,23-24H2,1-4,6H3,(H,35,36);2*1-2H3/b15-9-,20-19-,22-21+,25-16+,27-10+,29-18+;;. The van der Waals surface area contributed by atoms with E-state index < -0.39 is 0 Å². The molecule has 0 fully saturated rings. The van der Waals surface area contributed by atoms with Crippen LogP contribution in [0.2, 0.25) is 0 Å². The van der Waals surface area contributed by atoms with Gasteiger partial charge in [0.25, 0.3) is 0 Å². The Labute approximate surface area is 267 Å². The van der Waals surface area contributed by atoms with E-state index in [1.54, 1.807) is 17.4 Å². The van der Waals surface area contributed by atoms with E-state index in [0.717, 1.165) is 65.5 Å². The van der Waals surface area contributed by atoms with Gasteiger partial charge in [0.1, 0.15) is 5.78 Å². The number of carbonyl (C=O) groups excluding carboxylic acids is 1. The van der Waals surface area contributed by atoms with E-state index in [1.807, 2.05) is 65.8 Å². The molecule has 1 N–H and O–H groups in total. The zero-order valence-corrected chi connectivity index (χ0v) is 29.4. The fourth-order valence-corrected chi connectivity index (χ4v) is 4.97. The van der Waals surface area contributed by atoms with Crippen LogP contribution in [0, 0.1) is 5.92 Å². The Morgan fingerprint density at radius 1 is 1.07 bits per heavy atom. The summed E-state index contributed by atoms with van der Waals surface area (Å²) in [5, 5.41) is 4.15. The molecule has 1 atom stereocenters. The van der Waals surface area contributed by atoms with E-state index in [0.29, 0.717) is 12.2 Å². The molecule has 5 heteroatoms. The first-order valence-corrected chi connectivity index (χ1v) is 16.8. The lowest BCUT2D eigenvalue weighted by molar-refractivity contribution is -0.122. The number of nitrogens with one attached hydrogen (secondary N) is 1. The number of ketones is 1. The lowest BCUT2D eigenvalue weighted by Gasteiger charge is -2.13. The van der Waals surface area contributed by atoms with E-state index in [4.69, 9.17) is 11.6 Å². The summed E-state index contributed by atoms with van der Waals surface area (Å²) >= 11 is 7.32. The summed E-state index contributed by atoms with van der Waals surface area (Å²) in [6.45, 7) is 26.5. The Kier molecular flexibility index (Phi) is 26.8. The largest absolute Gasteiger partial charge is 0.332 e. The summed E-state index contributed by atoms with van der Waals surface area (Å²) in [5.41, 5.74) is 6.65. The van der Waals surface area contributed by atoms with E-state index >= 15 is 0 Å². The molecule has 0 amide bonds. The van der Waals surface area contributed by atoms with Crippen LogP contribution in [0.5, 0.6) is 0 Å². The number of nitrogens with zero attached hydrogens (tertiary/aromatic N) is 1. The molecule has 42 heavy (non-hydrogen) atoms. The molecule has 0 radical (unpaired) electrons. The third kappa shape index (κ3) is 18.0. The van der Waals surface area contributed by atoms with Crippen molar-refractivity contribution in [3.8, 4) is 0 Å². The van der Waals surface area contributed by atoms with Crippen molar-refractivity contribution in [1.82, 2.24) is 4.98 Å². The Hall–Kier alpha value is -2.69. The zero-order valence-electron chi connectivity index (χ0n) is 27.9. The van der Waals surface area contributed by atoms with Gasteiger partial charge in [0, 0.05) is 23.6 Å². The van der Waals surface area contributed by atoms with Crippen LogP contribution in [-0.2, 0) is 4.79 Å². The van der Waals surface area contributed by atoms with E-state index in [2.05, 4.69) is 68.5 Å². The van der Waals surface area contributed by atoms with Crippen molar-refractivity contribution in [2.24, 2.45) is 5.92 Å². The average Bonchev–Trinajstić information content (AvgIpc) is 3.37. The van der Waals surface area contributed by atoms with Crippen molar-refractivity contribution < 1.29 is 4.79 Å². The van der Waals surface area contributed by atoms with E-state index in [9.17, 15) is 4.79 Å². The van der Waals surface area contributed by atoms with Gasteiger partial charge in [-0.05, 0) is 75.8 Å². The van der Waals surface area contributed by atoms with Crippen LogP contribution in [0.3, 0.4) is 0 Å². The van der Waals surface area contributed by atoms with Crippen LogP contribution >= 0.6 is 22.9 Å². The van der Waals surface area contributed by atoms with Crippen LogP contribution in [-0.4, -0.2) is 10.8 Å². The fraction of sp³-hybridized carbons (Fsp3) is 0.459. The number of aromatic nitrogens is 1. The van der Waals surface area contributed by atoms with Gasteiger partial charge in [0.15, 0.2) is 5.13 Å². The molecule has 0 aliphatic heterocycles. The number of carbonyl (C=O) groups is 1. The van der Waals surface area contributed by atoms with Crippen LogP contribution in [0.25, 0.3) is 12.2 Å². The smallest absolute Gasteiger partial charge is 0.188 e. The van der Waals surface area contributed by atoms with Gasteiger partial charge >= 0.3 is 0 Å². The molecule has 1 aromatic rings. The van der Waals surface area contributed by atoms with Crippen molar-refractivity contribution in [1.29, 1.82) is 0 Å². The van der Waals surface area contributed by atoms with Crippen molar-refractivity contribution in [2.75, 3.05) is 5.32 Å². The first kappa shape index (κ1) is 41.4. The highest BCUT2D eigenvalue weighted by Gasteiger charge is 2.15. The maximum Gasteiger partial charge on any atom is 0.188 e. The second-order valence-corrected chi connectivity index (χ2v) is 10.5. The molecule has 0 saturated carbocycles. The molecular formula is C37H57ClN2OS. The number of hydrogen-bond acceptors (Lipinski definition) is 4. The summed E-state index contributed by atoms with van der Waals surface area (Å²) in [7, 11) is 0. The normalized spacial score (nSPS) is 13.0. The minimum Gasteiger partial charge on any atom is -0.332 e. The third-order valence-corrected chi connectivity index (χ3v) is 7.22. The predicted molar refractivity (Wildman–Crippen MR) is 194 cm³/mol. The Morgan fingerprint density at radius 3 is 2.31 bits per heavy atom. The highest BCUT2D eigenvalue weighted by atomic mass is 35.5. The Bertz CT molecular complexity index is 1070. The maximum atomic E-state index is 12.6. The molecule has 3 nitrogen and oxygen atoms in total. The second-order valence-electron chi connectivity index (χ2n) is 9.26. The van der Waals surface area contributed by atoms with Gasteiger partial charge < -0.3 is 5.32 Å². The van der Waals surface area contributed by atoms with Gasteiger partial charge in [-0.25, -0.2) is 4.98 Å². The van der Waals surface area contributed by atoms with Gasteiger partial charge in [0.05, 0.1) is 10.6 Å². The highest BCUT2D eigenvalue weighted by Crippen LogP contribution is 2.27. The molecule has 1 heterocycles. The molecule has 0 aliphatic rings. The summed E-state index contributed by atoms with van der Waals surface area (Å²) in [4.78, 5) is 18.3. The van der Waals surface area contributed by atoms with Crippen molar-refractivity contribution >= 4 is 46.0 Å². The first-order chi connectivity index (χ1) is 20.3. The maximum absolute atomic E-state index is 12.6. The summed E-state index contributed by atoms with van der Waals surface area (Å²) in [5.74, 6) is 0.472. The monoisotopic (exact) mass is 612 g/mol. The number of thiazole rings is 1. The molecule has 234 valence electrons. The molecule has 0 saturated heterocycles. The van der Waals surface area contributed by atoms with Crippen molar-refractivity contribution in [3.63, 3.8) is 0 Å². The van der Waals surface area contributed by atoms with E-state index in [1.165, 1.54) is 16.7 Å². The topological polar surface area (TPSA) is 42.0 Å². The number of Topliss-reactive ketones (excluding diaryl/α,β-unsaturated/α-hetero) is 1. The molecular weight excluding hydrogens is 556 g/mol. The predicted octanol–water partition coefficient (Wildman–Crippen LogP) is 12.9. The number of allylic oxidation sites excluding steroid dienone is 10. The lowest BCUT2D eigenvalue weighted by atomic mass is 9.91. The minimum atomic E-state index is 0.157. The van der Waals surface area contributed by atoms with Gasteiger partial charge in [-0.3, -0.25) is 4.79 Å². The Morgan fingerprint density at radius 2 is 1.76 bits per heavy atom. The van der Waals surface area contributed by atoms with Gasteiger partial charge in [0.2, 0.25) is 0 Å². The summed E-state index contributed by atoms with van der Waals surface area (Å²) < 4.78 is 0. The minimum absolute atomic E-state index is 0.157. The van der Waals surface area contributed by atoms with Crippen molar-refractivity contribution in [3.05, 3.63) is 94.2 Å². The molecule has 1 unspecified atom stereocenters. The molecule has 1 rings (SSSR count). The summed E-state index contributed by atoms with van der Waals surface area (Å²) in [6.07, 6.45) is 24.3. The van der Waals surface area contributed by atoms with Crippen LogP contribution < -0.4 is 5.32 Å². The lowest BCUT2D eigenvalue weighted by Crippen LogP contribution is -2.13. The Balaban J connectivity index is 0. The SMILES string of the molecule is C=C/C(=C\C/C=C(\C)CC(/C=C\C(=C)CC(=O)C(CC)CCCC)=C/C)Nc1nc(/C=C\C)c(/C=C/Cl)s1.CC.CC. The number of halogens is 1. The summed E-state index contributed by atoms with van der Waals surface area (Å²) in [6, 6.07) is 0. The van der Waals surface area contributed by atoms with Crippen molar-refractivity contribution in [2.45, 2.75) is 107 Å². The quantitative estimate of drug-likeness (QED) is 0.132. The molecule has 0 aromatic carbocycles. The molecule has 0 aliphatic carbocycles. The number of anilines is 1. The highest BCUT2D eigenvalue weighted by molar-refractivity contribution is 7.16. The number of hydrogen-bond donors (Lipinski definition) is 1. The van der Waals surface area contributed by atoms with Gasteiger partial charge in [-0.15, -0.1) is 0 Å². The number of rotatable bonds is 18. The molecule has 0 spiro atoms. The molecule has 0 bridgehead atoms. The van der Waals surface area contributed by atoms with Crippen LogP contribution in [0.1, 0.15) is 118 Å². The van der Waals surface area contributed by atoms with E-state index in [-0.39, 0.29) is 5.92 Å².